The average Bonchev–Trinajstić information content (AvgIpc) is 2.90. The number of nitrogens with one attached hydrogen (secondary N) is 1. The van der Waals surface area contributed by atoms with Gasteiger partial charge in [-0.2, -0.15) is 0 Å². The predicted molar refractivity (Wildman–Crippen MR) is 78.2 cm³/mol. The van der Waals surface area contributed by atoms with Crippen molar-refractivity contribution in [3.8, 4) is 0 Å². The molecular weight excluding hydrogens is 325 g/mol. The van der Waals surface area contributed by atoms with Crippen LogP contribution >= 0.6 is 34.8 Å². The number of alkyl halides is 2. The van der Waals surface area contributed by atoms with Gasteiger partial charge in [-0.1, -0.05) is 11.6 Å². The monoisotopic (exact) mass is 335 g/mol. The van der Waals surface area contributed by atoms with E-state index in [0.29, 0.717) is 17.1 Å². The first-order chi connectivity index (χ1) is 9.24. The molecule has 1 saturated carbocycles. The van der Waals surface area contributed by atoms with Gasteiger partial charge in [0.1, 0.15) is 9.75 Å². The molecule has 1 atom stereocenters. The van der Waals surface area contributed by atoms with Crippen molar-refractivity contribution in [3.63, 3.8) is 0 Å². The molecule has 20 heavy (non-hydrogen) atoms. The molecule has 1 fully saturated rings. The Bertz CT molecular complexity index is 544. The van der Waals surface area contributed by atoms with Crippen molar-refractivity contribution in [1.29, 1.82) is 0 Å². The largest absolute Gasteiger partial charge is 0.455 e. The zero-order valence-electron chi connectivity index (χ0n) is 10.6. The van der Waals surface area contributed by atoms with Crippen LogP contribution in [0.1, 0.15) is 13.3 Å². The molecule has 1 N–H and O–H groups in total. The summed E-state index contributed by atoms with van der Waals surface area (Å²) in [5.41, 5.74) is -0.367. The molecule has 0 saturated heterocycles. The molecule has 1 aromatic rings. The molecule has 7 heteroatoms. The number of carbonyl (C=O) groups excluding carboxylic acids is 2. The summed E-state index contributed by atoms with van der Waals surface area (Å²) in [6.45, 7) is 1.22. The van der Waals surface area contributed by atoms with Crippen molar-refractivity contribution in [1.82, 2.24) is 0 Å². The zero-order valence-corrected chi connectivity index (χ0v) is 12.9. The minimum Gasteiger partial charge on any atom is -0.455 e. The van der Waals surface area contributed by atoms with E-state index in [1.165, 1.54) is 0 Å². The van der Waals surface area contributed by atoms with E-state index in [-0.39, 0.29) is 6.61 Å². The summed E-state index contributed by atoms with van der Waals surface area (Å²) in [4.78, 5) is 23.4. The van der Waals surface area contributed by atoms with Gasteiger partial charge < -0.3 is 10.1 Å². The van der Waals surface area contributed by atoms with E-state index in [1.807, 2.05) is 0 Å². The van der Waals surface area contributed by atoms with Crippen LogP contribution in [0.4, 0.5) is 5.69 Å². The van der Waals surface area contributed by atoms with Crippen LogP contribution in [-0.4, -0.2) is 22.8 Å². The lowest BCUT2D eigenvalue weighted by Gasteiger charge is -2.11. The van der Waals surface area contributed by atoms with Crippen LogP contribution in [0.2, 0.25) is 5.02 Å². The fourth-order valence-electron chi connectivity index (χ4n) is 1.64. The highest BCUT2D eigenvalue weighted by Crippen LogP contribution is 2.64. The first-order valence-electron chi connectivity index (χ1n) is 5.85. The van der Waals surface area contributed by atoms with Gasteiger partial charge in [-0.05, 0) is 31.2 Å². The molecular formula is C13H12Cl3NO3. The second-order valence-electron chi connectivity index (χ2n) is 4.84. The van der Waals surface area contributed by atoms with Crippen LogP contribution in [0.25, 0.3) is 0 Å². The molecule has 1 aliphatic carbocycles. The van der Waals surface area contributed by atoms with E-state index in [9.17, 15) is 9.59 Å². The van der Waals surface area contributed by atoms with E-state index in [0.717, 1.165) is 0 Å². The minimum absolute atomic E-state index is 0.320. The maximum absolute atomic E-state index is 11.8. The highest BCUT2D eigenvalue weighted by Gasteiger charge is 2.69. The van der Waals surface area contributed by atoms with Crippen LogP contribution in [0.5, 0.6) is 0 Å². The van der Waals surface area contributed by atoms with E-state index in [2.05, 4.69) is 5.32 Å². The summed E-state index contributed by atoms with van der Waals surface area (Å²) in [7, 11) is 0. The first kappa shape index (κ1) is 15.4. The van der Waals surface area contributed by atoms with Gasteiger partial charge in [0, 0.05) is 17.1 Å². The quantitative estimate of drug-likeness (QED) is 0.677. The molecule has 1 aliphatic rings. The van der Waals surface area contributed by atoms with Crippen molar-refractivity contribution in [3.05, 3.63) is 29.3 Å². The zero-order chi connectivity index (χ0) is 15.0. The van der Waals surface area contributed by atoms with Gasteiger partial charge in [0.2, 0.25) is 0 Å². The summed E-state index contributed by atoms with van der Waals surface area (Å²) < 4.78 is 3.82. The summed E-state index contributed by atoms with van der Waals surface area (Å²) in [5.74, 6) is -1.02. The number of hydrogen-bond acceptors (Lipinski definition) is 3. The number of carbonyl (C=O) groups is 2. The molecule has 0 bridgehead atoms. The van der Waals surface area contributed by atoms with Gasteiger partial charge in [0.25, 0.3) is 5.91 Å². The van der Waals surface area contributed by atoms with E-state index < -0.39 is 21.6 Å². The second-order valence-corrected chi connectivity index (χ2v) is 6.76. The fourth-order valence-corrected chi connectivity index (χ4v) is 2.46. The van der Waals surface area contributed by atoms with Crippen molar-refractivity contribution < 1.29 is 14.3 Å². The Morgan fingerprint density at radius 1 is 1.30 bits per heavy atom. The smallest absolute Gasteiger partial charge is 0.315 e. The van der Waals surface area contributed by atoms with Crippen LogP contribution in [0, 0.1) is 5.41 Å². The number of esters is 1. The third kappa shape index (κ3) is 3.19. The Morgan fingerprint density at radius 2 is 1.85 bits per heavy atom. The Hall–Kier alpha value is -0.970. The summed E-state index contributed by atoms with van der Waals surface area (Å²) in [5, 5.41) is 3.14. The molecule has 2 rings (SSSR count). The average molecular weight is 337 g/mol. The van der Waals surface area contributed by atoms with Gasteiger partial charge in [-0.15, -0.1) is 23.2 Å². The molecule has 0 radical (unpaired) electrons. The van der Waals surface area contributed by atoms with Crippen molar-refractivity contribution in [2.24, 2.45) is 5.41 Å². The molecule has 108 valence electrons. The molecule has 1 amide bonds. The van der Waals surface area contributed by atoms with Crippen LogP contribution in [-0.2, 0) is 14.3 Å². The summed E-state index contributed by atoms with van der Waals surface area (Å²) in [6.07, 6.45) is 0.320. The van der Waals surface area contributed by atoms with Crippen molar-refractivity contribution >= 4 is 52.4 Å². The maximum atomic E-state index is 11.8. The summed E-state index contributed by atoms with van der Waals surface area (Å²) >= 11 is 17.4. The van der Waals surface area contributed by atoms with E-state index in [4.69, 9.17) is 39.5 Å². The minimum atomic E-state index is -1.10. The SMILES string of the molecule is C[C@@]1(C(=O)OCC(=O)Nc2ccc(Cl)cc2)CC1(Cl)Cl. The standard InChI is InChI=1S/C13H12Cl3NO3/c1-12(7-13(12,15)16)11(19)20-6-10(18)17-9-4-2-8(14)3-5-9/h2-5H,6-7H2,1H3,(H,17,18)/t12-/m0/s1. The predicted octanol–water partition coefficient (Wildman–Crippen LogP) is 3.41. The Balaban J connectivity index is 1.81. The highest BCUT2D eigenvalue weighted by molar-refractivity contribution is 6.53. The van der Waals surface area contributed by atoms with Crippen LogP contribution in [0.3, 0.4) is 0 Å². The molecule has 4 nitrogen and oxygen atoms in total. The topological polar surface area (TPSA) is 55.4 Å². The summed E-state index contributed by atoms with van der Waals surface area (Å²) in [6, 6.07) is 6.58. The van der Waals surface area contributed by atoms with Crippen LogP contribution < -0.4 is 5.32 Å². The lowest BCUT2D eigenvalue weighted by atomic mass is 10.1. The third-order valence-corrected chi connectivity index (χ3v) is 4.52. The van der Waals surface area contributed by atoms with Gasteiger partial charge in [0.05, 0.1) is 0 Å². The lowest BCUT2D eigenvalue weighted by molar-refractivity contribution is -0.152. The lowest BCUT2D eigenvalue weighted by Crippen LogP contribution is -2.26. The first-order valence-corrected chi connectivity index (χ1v) is 6.98. The fraction of sp³-hybridized carbons (Fsp3) is 0.385. The number of amides is 1. The van der Waals surface area contributed by atoms with Crippen LogP contribution in [0.15, 0.2) is 24.3 Å². The van der Waals surface area contributed by atoms with E-state index >= 15 is 0 Å². The Kier molecular flexibility index (Phi) is 4.19. The van der Waals surface area contributed by atoms with E-state index in [1.54, 1.807) is 31.2 Å². The number of anilines is 1. The molecule has 0 aromatic heterocycles. The van der Waals surface area contributed by atoms with Crippen molar-refractivity contribution in [2.75, 3.05) is 11.9 Å². The van der Waals surface area contributed by atoms with Gasteiger partial charge in [0.15, 0.2) is 6.61 Å². The van der Waals surface area contributed by atoms with Crippen molar-refractivity contribution in [2.45, 2.75) is 17.7 Å². The highest BCUT2D eigenvalue weighted by atomic mass is 35.5. The Labute approximate surface area is 131 Å². The third-order valence-electron chi connectivity index (χ3n) is 3.17. The maximum Gasteiger partial charge on any atom is 0.315 e. The number of hydrogen-bond donors (Lipinski definition) is 1. The van der Waals surface area contributed by atoms with Gasteiger partial charge in [-0.25, -0.2) is 0 Å². The molecule has 0 spiro atoms. The number of benzene rings is 1. The normalized spacial score (nSPS) is 23.0. The number of halogens is 3. The van der Waals surface area contributed by atoms with Gasteiger partial charge >= 0.3 is 5.97 Å². The molecule has 1 aromatic carbocycles. The Morgan fingerprint density at radius 3 is 2.35 bits per heavy atom. The van der Waals surface area contributed by atoms with Gasteiger partial charge in [-0.3, -0.25) is 9.59 Å². The number of ether oxygens (including phenoxy) is 1. The number of rotatable bonds is 4. The second kappa shape index (κ2) is 5.43. The molecule has 0 aliphatic heterocycles. The molecule has 0 unspecified atom stereocenters. The molecule has 0 heterocycles.